The van der Waals surface area contributed by atoms with Gasteiger partial charge in [-0.2, -0.15) is 9.97 Å². The van der Waals surface area contributed by atoms with Gasteiger partial charge in [0.15, 0.2) is 5.82 Å². The summed E-state index contributed by atoms with van der Waals surface area (Å²) in [6, 6.07) is 0. The summed E-state index contributed by atoms with van der Waals surface area (Å²) in [6.45, 7) is 3.83. The van der Waals surface area contributed by atoms with Crippen LogP contribution in [0.25, 0.3) is 5.70 Å². The molecule has 0 saturated heterocycles. The number of anilines is 2. The van der Waals surface area contributed by atoms with Crippen LogP contribution >= 0.6 is 0 Å². The van der Waals surface area contributed by atoms with Gasteiger partial charge in [-0.3, -0.25) is 0 Å². The van der Waals surface area contributed by atoms with Crippen molar-refractivity contribution in [1.29, 1.82) is 0 Å². The Morgan fingerprint density at radius 2 is 2.29 bits per heavy atom. The lowest BCUT2D eigenvalue weighted by Crippen LogP contribution is -2.16. The first-order chi connectivity index (χ1) is 6.72. The first kappa shape index (κ1) is 8.49. The van der Waals surface area contributed by atoms with Gasteiger partial charge in [0, 0.05) is 12.7 Å². The molecule has 2 rings (SSSR count). The van der Waals surface area contributed by atoms with E-state index in [1.807, 2.05) is 0 Å². The molecule has 6 nitrogen and oxygen atoms in total. The van der Waals surface area contributed by atoms with E-state index in [9.17, 15) is 0 Å². The van der Waals surface area contributed by atoms with Gasteiger partial charge < -0.3 is 16.4 Å². The zero-order valence-electron chi connectivity index (χ0n) is 7.70. The molecular formula is C8H10N6. The van der Waals surface area contributed by atoms with E-state index in [4.69, 9.17) is 5.73 Å². The number of hydrogen-bond acceptors (Lipinski definition) is 6. The molecule has 0 radical (unpaired) electrons. The van der Waals surface area contributed by atoms with Gasteiger partial charge in [0.1, 0.15) is 5.82 Å². The fourth-order valence-corrected chi connectivity index (χ4v) is 1.26. The zero-order chi connectivity index (χ0) is 10.1. The number of rotatable bonds is 1. The van der Waals surface area contributed by atoms with E-state index in [2.05, 4.69) is 32.2 Å². The van der Waals surface area contributed by atoms with E-state index in [0.29, 0.717) is 17.3 Å². The van der Waals surface area contributed by atoms with Gasteiger partial charge in [-0.15, -0.1) is 0 Å². The highest BCUT2D eigenvalue weighted by Crippen LogP contribution is 2.30. The highest BCUT2D eigenvalue weighted by molar-refractivity contribution is 5.89. The number of nitrogens with zero attached hydrogens (tertiary/aromatic N) is 3. The monoisotopic (exact) mass is 190 g/mol. The van der Waals surface area contributed by atoms with Crippen molar-refractivity contribution in [3.63, 3.8) is 0 Å². The minimum atomic E-state index is 0.194. The minimum Gasteiger partial charge on any atom is -0.372 e. The van der Waals surface area contributed by atoms with E-state index in [-0.39, 0.29) is 5.95 Å². The minimum absolute atomic E-state index is 0.194. The number of nitrogens with two attached hydrogens (primary N) is 1. The van der Waals surface area contributed by atoms with Gasteiger partial charge in [-0.05, 0) is 0 Å². The van der Waals surface area contributed by atoms with Crippen LogP contribution in [0.5, 0.6) is 0 Å². The number of hydrogen-bond donors (Lipinski definition) is 3. The first-order valence-electron chi connectivity index (χ1n) is 4.06. The third-order valence-electron chi connectivity index (χ3n) is 1.87. The number of nitrogens with one attached hydrogen (secondary N) is 2. The Bertz CT molecular complexity index is 422. The second-order valence-corrected chi connectivity index (χ2v) is 2.76. The van der Waals surface area contributed by atoms with Gasteiger partial charge in [0.05, 0.1) is 11.9 Å². The van der Waals surface area contributed by atoms with E-state index in [1.54, 1.807) is 7.05 Å². The molecule has 0 saturated carbocycles. The molecule has 0 atom stereocenters. The van der Waals surface area contributed by atoms with Crippen molar-refractivity contribution in [3.8, 4) is 0 Å². The van der Waals surface area contributed by atoms with Crippen LogP contribution in [0.4, 0.5) is 17.6 Å². The Morgan fingerprint density at radius 3 is 3.00 bits per heavy atom. The summed E-state index contributed by atoms with van der Waals surface area (Å²) in [6.07, 6.45) is 1.52. The largest absolute Gasteiger partial charge is 0.372 e. The molecule has 1 aromatic heterocycles. The van der Waals surface area contributed by atoms with Gasteiger partial charge >= 0.3 is 0 Å². The summed E-state index contributed by atoms with van der Waals surface area (Å²) in [4.78, 5) is 12.1. The molecule has 2 heterocycles. The van der Waals surface area contributed by atoms with Crippen LogP contribution in [0.2, 0.25) is 0 Å². The second-order valence-electron chi connectivity index (χ2n) is 2.76. The van der Waals surface area contributed by atoms with Crippen molar-refractivity contribution in [2.45, 2.75) is 0 Å². The first-order valence-corrected chi connectivity index (χ1v) is 4.06. The van der Waals surface area contributed by atoms with Crippen LogP contribution in [-0.2, 0) is 0 Å². The lowest BCUT2D eigenvalue weighted by atomic mass is 10.2. The molecule has 0 fully saturated rings. The SMILES string of the molecule is C=C1NC=Nc2nc(N)nc(NC)c21. The number of aromatic nitrogens is 2. The van der Waals surface area contributed by atoms with Crippen LogP contribution in [0.1, 0.15) is 5.56 Å². The molecule has 0 aromatic carbocycles. The number of fused-ring (bicyclic) bond motifs is 1. The van der Waals surface area contributed by atoms with Crippen LogP contribution in [-0.4, -0.2) is 23.4 Å². The molecule has 4 N–H and O–H groups in total. The lowest BCUT2D eigenvalue weighted by Gasteiger charge is -2.16. The van der Waals surface area contributed by atoms with Crippen molar-refractivity contribution in [2.24, 2.45) is 4.99 Å². The second kappa shape index (κ2) is 2.99. The number of nitrogen functional groups attached to an aromatic ring is 1. The molecule has 14 heavy (non-hydrogen) atoms. The van der Waals surface area contributed by atoms with Crippen LogP contribution in [0.15, 0.2) is 11.6 Å². The molecule has 0 spiro atoms. The maximum absolute atomic E-state index is 5.52. The summed E-state index contributed by atoms with van der Waals surface area (Å²) in [5.74, 6) is 1.35. The Balaban J connectivity index is 2.68. The summed E-state index contributed by atoms with van der Waals surface area (Å²) in [7, 11) is 1.76. The van der Waals surface area contributed by atoms with Gasteiger partial charge in [-0.1, -0.05) is 6.58 Å². The summed E-state index contributed by atoms with van der Waals surface area (Å²) < 4.78 is 0. The molecule has 0 unspecified atom stereocenters. The molecule has 0 amide bonds. The third kappa shape index (κ3) is 1.17. The van der Waals surface area contributed by atoms with Gasteiger partial charge in [0.2, 0.25) is 5.95 Å². The average Bonchev–Trinajstić information content (AvgIpc) is 2.16. The van der Waals surface area contributed by atoms with E-state index in [0.717, 1.165) is 5.56 Å². The Morgan fingerprint density at radius 1 is 1.50 bits per heavy atom. The Kier molecular flexibility index (Phi) is 1.81. The highest BCUT2D eigenvalue weighted by Gasteiger charge is 2.17. The molecule has 0 aliphatic carbocycles. The van der Waals surface area contributed by atoms with Crippen molar-refractivity contribution in [3.05, 3.63) is 12.1 Å². The summed E-state index contributed by atoms with van der Waals surface area (Å²) in [5, 5.41) is 5.81. The Labute approximate surface area is 81.0 Å². The van der Waals surface area contributed by atoms with E-state index < -0.39 is 0 Å². The summed E-state index contributed by atoms with van der Waals surface area (Å²) in [5.41, 5.74) is 6.98. The molecule has 1 aliphatic heterocycles. The van der Waals surface area contributed by atoms with Crippen LogP contribution in [0, 0.1) is 0 Å². The molecule has 6 heteroatoms. The average molecular weight is 190 g/mol. The van der Waals surface area contributed by atoms with Gasteiger partial charge in [0.25, 0.3) is 0 Å². The summed E-state index contributed by atoms with van der Waals surface area (Å²) >= 11 is 0. The normalized spacial score (nSPS) is 13.4. The fraction of sp³-hybridized carbons (Fsp3) is 0.125. The third-order valence-corrected chi connectivity index (χ3v) is 1.87. The standard InChI is InChI=1S/C8H10N6/c1-4-5-6(10-2)13-8(9)14-7(5)12-3-11-4/h3H,1H2,2H3,(H4,9,10,11,12,13,14). The molecular weight excluding hydrogens is 180 g/mol. The van der Waals surface area contributed by atoms with Crippen LogP contribution < -0.4 is 16.4 Å². The maximum Gasteiger partial charge on any atom is 0.224 e. The van der Waals surface area contributed by atoms with Crippen molar-refractivity contribution < 1.29 is 0 Å². The van der Waals surface area contributed by atoms with E-state index in [1.165, 1.54) is 6.34 Å². The molecule has 1 aromatic rings. The number of aliphatic imine (C=N–C) groups is 1. The quantitative estimate of drug-likeness (QED) is 0.594. The fourth-order valence-electron chi connectivity index (χ4n) is 1.26. The molecule has 1 aliphatic rings. The zero-order valence-corrected chi connectivity index (χ0v) is 7.70. The smallest absolute Gasteiger partial charge is 0.224 e. The Hall–Kier alpha value is -2.11. The maximum atomic E-state index is 5.52. The van der Waals surface area contributed by atoms with E-state index >= 15 is 0 Å². The van der Waals surface area contributed by atoms with Crippen molar-refractivity contribution in [2.75, 3.05) is 18.1 Å². The van der Waals surface area contributed by atoms with Crippen molar-refractivity contribution in [1.82, 2.24) is 15.3 Å². The topological polar surface area (TPSA) is 88.2 Å². The molecule has 72 valence electrons. The molecule has 0 bridgehead atoms. The van der Waals surface area contributed by atoms with Crippen molar-refractivity contribution >= 4 is 29.6 Å². The van der Waals surface area contributed by atoms with Gasteiger partial charge in [-0.25, -0.2) is 4.99 Å². The lowest BCUT2D eigenvalue weighted by molar-refractivity contribution is 1.11. The predicted molar refractivity (Wildman–Crippen MR) is 56.3 cm³/mol. The highest BCUT2D eigenvalue weighted by atomic mass is 15.1. The van der Waals surface area contributed by atoms with Crippen LogP contribution in [0.3, 0.4) is 0 Å². The predicted octanol–water partition coefficient (Wildman–Crippen LogP) is 0.334.